The summed E-state index contributed by atoms with van der Waals surface area (Å²) in [6, 6.07) is 4.08. The van der Waals surface area contributed by atoms with Crippen LogP contribution in [0, 0.1) is 12.3 Å². The highest BCUT2D eigenvalue weighted by atomic mass is 16.5. The quantitative estimate of drug-likeness (QED) is 0.642. The Bertz CT molecular complexity index is 475. The molecule has 2 rings (SSSR count). The fourth-order valence-electron chi connectivity index (χ4n) is 2.42. The number of nitrogens with zero attached hydrogens (tertiary/aromatic N) is 2. The number of morpholine rings is 1. The molecule has 0 amide bonds. The van der Waals surface area contributed by atoms with Gasteiger partial charge in [-0.05, 0) is 32.4 Å². The van der Waals surface area contributed by atoms with E-state index in [0.29, 0.717) is 6.04 Å². The fourth-order valence-corrected chi connectivity index (χ4v) is 2.42. The van der Waals surface area contributed by atoms with E-state index in [1.165, 1.54) is 0 Å². The van der Waals surface area contributed by atoms with E-state index in [1.54, 1.807) is 0 Å². The van der Waals surface area contributed by atoms with E-state index in [1.807, 2.05) is 19.1 Å². The van der Waals surface area contributed by atoms with Gasteiger partial charge in [-0.3, -0.25) is 5.41 Å². The molecular formula is C14H22N4O. The van der Waals surface area contributed by atoms with Crippen molar-refractivity contribution in [2.75, 3.05) is 18.1 Å². The number of amidine groups is 1. The van der Waals surface area contributed by atoms with Gasteiger partial charge in [0.2, 0.25) is 0 Å². The van der Waals surface area contributed by atoms with Gasteiger partial charge in [0.1, 0.15) is 11.7 Å². The van der Waals surface area contributed by atoms with E-state index in [0.717, 1.165) is 36.6 Å². The lowest BCUT2D eigenvalue weighted by atomic mass is 10.1. The molecule has 1 aromatic rings. The third kappa shape index (κ3) is 3.04. The highest BCUT2D eigenvalue weighted by Crippen LogP contribution is 2.23. The van der Waals surface area contributed by atoms with Crippen LogP contribution in [-0.4, -0.2) is 36.1 Å². The second-order valence-corrected chi connectivity index (χ2v) is 5.13. The number of aromatic nitrogens is 1. The molecule has 2 heterocycles. The number of nitrogens with two attached hydrogens (primary N) is 1. The molecule has 5 nitrogen and oxygen atoms in total. The predicted octanol–water partition coefficient (Wildman–Crippen LogP) is 1.68. The van der Waals surface area contributed by atoms with Crippen LogP contribution < -0.4 is 10.6 Å². The van der Waals surface area contributed by atoms with Crippen LogP contribution in [0.1, 0.15) is 31.5 Å². The summed E-state index contributed by atoms with van der Waals surface area (Å²) in [6.45, 7) is 7.70. The lowest BCUT2D eigenvalue weighted by Gasteiger charge is -2.39. The number of ether oxygens (including phenoxy) is 1. The molecule has 0 spiro atoms. The summed E-state index contributed by atoms with van der Waals surface area (Å²) in [5.41, 5.74) is 7.21. The molecule has 2 atom stereocenters. The van der Waals surface area contributed by atoms with Crippen LogP contribution in [0.15, 0.2) is 12.1 Å². The van der Waals surface area contributed by atoms with E-state index in [2.05, 4.69) is 23.7 Å². The normalized spacial score (nSPS) is 23.4. The lowest BCUT2D eigenvalue weighted by molar-refractivity contribution is 0.0296. The first-order valence-corrected chi connectivity index (χ1v) is 6.72. The zero-order valence-corrected chi connectivity index (χ0v) is 11.8. The van der Waals surface area contributed by atoms with Gasteiger partial charge in [0.25, 0.3) is 0 Å². The summed E-state index contributed by atoms with van der Waals surface area (Å²) in [5, 5.41) is 7.58. The summed E-state index contributed by atoms with van der Waals surface area (Å²) in [5.74, 6) is 0.980. The van der Waals surface area contributed by atoms with E-state index in [9.17, 15) is 0 Å². The molecule has 1 aliphatic rings. The van der Waals surface area contributed by atoms with Crippen molar-refractivity contribution in [2.24, 2.45) is 5.73 Å². The van der Waals surface area contributed by atoms with Crippen LogP contribution >= 0.6 is 0 Å². The molecule has 1 aromatic heterocycles. The summed E-state index contributed by atoms with van der Waals surface area (Å²) in [6.07, 6.45) is 1.21. The molecule has 0 aromatic carbocycles. The van der Waals surface area contributed by atoms with Crippen molar-refractivity contribution in [1.29, 1.82) is 5.41 Å². The maximum Gasteiger partial charge on any atom is 0.129 e. The summed E-state index contributed by atoms with van der Waals surface area (Å²) < 4.78 is 5.70. The van der Waals surface area contributed by atoms with Crippen molar-refractivity contribution in [2.45, 2.75) is 39.3 Å². The number of hydrogen-bond donors (Lipinski definition) is 2. The Balaban J connectivity index is 2.35. The van der Waals surface area contributed by atoms with Gasteiger partial charge in [-0.25, -0.2) is 4.98 Å². The number of pyridine rings is 1. The van der Waals surface area contributed by atoms with Crippen LogP contribution in [0.25, 0.3) is 0 Å². The third-order valence-corrected chi connectivity index (χ3v) is 3.48. The van der Waals surface area contributed by atoms with Crippen LogP contribution in [0.3, 0.4) is 0 Å². The molecule has 0 bridgehead atoms. The SMILES string of the molecule is CCC1COC(C)CN1c1cc(C(=N)N)cc(C)n1. The van der Waals surface area contributed by atoms with E-state index < -0.39 is 0 Å². The van der Waals surface area contributed by atoms with Gasteiger partial charge in [-0.15, -0.1) is 0 Å². The topological polar surface area (TPSA) is 75.2 Å². The van der Waals surface area contributed by atoms with Gasteiger partial charge in [0.05, 0.1) is 18.8 Å². The number of rotatable bonds is 3. The van der Waals surface area contributed by atoms with Crippen molar-refractivity contribution >= 4 is 11.7 Å². The number of aryl methyl sites for hydroxylation is 1. The van der Waals surface area contributed by atoms with Crippen LogP contribution in [0.5, 0.6) is 0 Å². The minimum absolute atomic E-state index is 0.0844. The first kappa shape index (κ1) is 13.8. The molecule has 0 radical (unpaired) electrons. The van der Waals surface area contributed by atoms with Gasteiger partial charge in [-0.1, -0.05) is 6.92 Å². The molecule has 1 fully saturated rings. The van der Waals surface area contributed by atoms with Crippen molar-refractivity contribution in [3.8, 4) is 0 Å². The third-order valence-electron chi connectivity index (χ3n) is 3.48. The zero-order valence-electron chi connectivity index (χ0n) is 11.8. The van der Waals surface area contributed by atoms with E-state index in [4.69, 9.17) is 15.9 Å². The minimum Gasteiger partial charge on any atom is -0.384 e. The average Bonchev–Trinajstić information content (AvgIpc) is 2.37. The van der Waals surface area contributed by atoms with Crippen molar-refractivity contribution in [3.63, 3.8) is 0 Å². The first-order chi connectivity index (χ1) is 9.01. The van der Waals surface area contributed by atoms with Crippen molar-refractivity contribution < 1.29 is 4.74 Å². The van der Waals surface area contributed by atoms with Crippen LogP contribution in [0.4, 0.5) is 5.82 Å². The number of nitrogens with one attached hydrogen (secondary N) is 1. The molecular weight excluding hydrogens is 240 g/mol. The summed E-state index contributed by atoms with van der Waals surface area (Å²) in [4.78, 5) is 6.86. The van der Waals surface area contributed by atoms with Gasteiger partial charge in [-0.2, -0.15) is 0 Å². The minimum atomic E-state index is 0.0844. The van der Waals surface area contributed by atoms with Crippen LogP contribution in [0.2, 0.25) is 0 Å². The molecule has 3 N–H and O–H groups in total. The molecule has 0 saturated carbocycles. The molecule has 1 aliphatic heterocycles. The van der Waals surface area contributed by atoms with Crippen LogP contribution in [-0.2, 0) is 4.74 Å². The Morgan fingerprint density at radius 1 is 1.58 bits per heavy atom. The maximum atomic E-state index is 7.58. The predicted molar refractivity (Wildman–Crippen MR) is 76.8 cm³/mol. The first-order valence-electron chi connectivity index (χ1n) is 6.72. The lowest BCUT2D eigenvalue weighted by Crippen LogP contribution is -2.49. The highest BCUT2D eigenvalue weighted by Gasteiger charge is 2.27. The van der Waals surface area contributed by atoms with E-state index in [-0.39, 0.29) is 11.9 Å². The summed E-state index contributed by atoms with van der Waals surface area (Å²) in [7, 11) is 0. The Labute approximate surface area is 114 Å². The Hall–Kier alpha value is -1.62. The number of hydrogen-bond acceptors (Lipinski definition) is 4. The second-order valence-electron chi connectivity index (χ2n) is 5.13. The molecule has 0 aliphatic carbocycles. The number of anilines is 1. The van der Waals surface area contributed by atoms with Crippen molar-refractivity contribution in [1.82, 2.24) is 4.98 Å². The van der Waals surface area contributed by atoms with Gasteiger partial charge < -0.3 is 15.4 Å². The van der Waals surface area contributed by atoms with E-state index >= 15 is 0 Å². The summed E-state index contributed by atoms with van der Waals surface area (Å²) >= 11 is 0. The molecule has 104 valence electrons. The van der Waals surface area contributed by atoms with Gasteiger partial charge in [0, 0.05) is 17.8 Å². The zero-order chi connectivity index (χ0) is 14.0. The largest absolute Gasteiger partial charge is 0.384 e. The van der Waals surface area contributed by atoms with Gasteiger partial charge in [0.15, 0.2) is 0 Å². The van der Waals surface area contributed by atoms with Gasteiger partial charge >= 0.3 is 0 Å². The molecule has 1 saturated heterocycles. The molecule has 19 heavy (non-hydrogen) atoms. The fraction of sp³-hybridized carbons (Fsp3) is 0.571. The Morgan fingerprint density at radius 3 is 2.95 bits per heavy atom. The van der Waals surface area contributed by atoms with Crippen molar-refractivity contribution in [3.05, 3.63) is 23.4 Å². The standard InChI is InChI=1S/C14H22N4O/c1-4-12-8-19-10(3)7-18(12)13-6-11(14(15)16)5-9(2)17-13/h5-6,10,12H,4,7-8H2,1-3H3,(H3,15,16). The Morgan fingerprint density at radius 2 is 2.32 bits per heavy atom. The maximum absolute atomic E-state index is 7.58. The average molecular weight is 262 g/mol. The smallest absolute Gasteiger partial charge is 0.129 e. The Kier molecular flexibility index (Phi) is 4.04. The monoisotopic (exact) mass is 262 g/mol. The second kappa shape index (κ2) is 5.57. The number of nitrogen functional groups attached to an aromatic ring is 1. The highest BCUT2D eigenvalue weighted by molar-refractivity contribution is 5.95. The molecule has 5 heteroatoms. The molecule has 2 unspecified atom stereocenters.